The predicted octanol–water partition coefficient (Wildman–Crippen LogP) is 5.25. The van der Waals surface area contributed by atoms with Gasteiger partial charge in [0.2, 0.25) is 5.91 Å². The average Bonchev–Trinajstić information content (AvgIpc) is 3.17. The highest BCUT2D eigenvalue weighted by atomic mass is 35.5. The molecule has 0 aliphatic carbocycles. The number of hydrogen-bond donors (Lipinski definition) is 0. The van der Waals surface area contributed by atoms with Crippen molar-refractivity contribution in [2.24, 2.45) is 5.92 Å². The Balaban J connectivity index is 1.61. The number of rotatable bonds is 5. The van der Waals surface area contributed by atoms with Gasteiger partial charge in [0.15, 0.2) is 11.0 Å². The minimum atomic E-state index is 0.165. The van der Waals surface area contributed by atoms with Gasteiger partial charge in [-0.1, -0.05) is 48.0 Å². The largest absolute Gasteiger partial charge is 0.342 e. The number of likely N-dealkylation sites (tertiary alicyclic amines) is 1. The molecule has 156 valence electrons. The average molecular weight is 441 g/mol. The lowest BCUT2D eigenvalue weighted by atomic mass is 10.0. The Morgan fingerprint density at radius 2 is 1.87 bits per heavy atom. The van der Waals surface area contributed by atoms with Crippen molar-refractivity contribution in [2.75, 3.05) is 18.8 Å². The van der Waals surface area contributed by atoms with Crippen LogP contribution in [0.2, 0.25) is 5.02 Å². The summed E-state index contributed by atoms with van der Waals surface area (Å²) in [6.45, 7) is 5.97. The number of amides is 1. The lowest BCUT2D eigenvalue weighted by molar-refractivity contribution is -0.130. The Hall–Kier alpha value is -2.31. The number of hydrogen-bond acceptors (Lipinski definition) is 4. The summed E-state index contributed by atoms with van der Waals surface area (Å²) in [5, 5.41) is 10.2. The molecule has 0 saturated carbocycles. The fraction of sp³-hybridized carbons (Fsp3) is 0.348. The van der Waals surface area contributed by atoms with E-state index in [1.165, 1.54) is 23.7 Å². The second-order valence-corrected chi connectivity index (χ2v) is 9.24. The fourth-order valence-corrected chi connectivity index (χ4v) is 4.69. The van der Waals surface area contributed by atoms with Gasteiger partial charge in [-0.25, -0.2) is 0 Å². The highest BCUT2D eigenvalue weighted by molar-refractivity contribution is 7.99. The molecule has 1 aromatic heterocycles. The Bertz CT molecular complexity index is 1020. The lowest BCUT2D eigenvalue weighted by Crippen LogP contribution is -2.40. The molecule has 0 bridgehead atoms. The van der Waals surface area contributed by atoms with Crippen LogP contribution in [0.25, 0.3) is 17.1 Å². The molecule has 2 aromatic carbocycles. The molecular formula is C23H25ClN4OS. The lowest BCUT2D eigenvalue weighted by Gasteiger charge is -2.30. The van der Waals surface area contributed by atoms with E-state index in [1.54, 1.807) is 0 Å². The van der Waals surface area contributed by atoms with Crippen LogP contribution in [0.1, 0.15) is 25.3 Å². The van der Waals surface area contributed by atoms with Gasteiger partial charge in [-0.3, -0.25) is 9.36 Å². The van der Waals surface area contributed by atoms with Crippen molar-refractivity contribution in [3.05, 3.63) is 59.1 Å². The van der Waals surface area contributed by atoms with Crippen LogP contribution in [-0.4, -0.2) is 44.4 Å². The molecule has 3 aromatic rings. The SMILES string of the molecule is Cc1ccc(-n2c(SCC(=O)N3CCCC(C)C3)nnc2-c2ccc(Cl)cc2)cc1. The van der Waals surface area contributed by atoms with E-state index in [1.807, 2.05) is 33.7 Å². The number of halogens is 1. The Morgan fingerprint density at radius 1 is 1.13 bits per heavy atom. The number of piperidine rings is 1. The molecule has 0 N–H and O–H groups in total. The van der Waals surface area contributed by atoms with E-state index in [0.29, 0.717) is 21.8 Å². The third kappa shape index (κ3) is 4.71. The van der Waals surface area contributed by atoms with Crippen molar-refractivity contribution in [3.63, 3.8) is 0 Å². The van der Waals surface area contributed by atoms with Crippen LogP contribution in [-0.2, 0) is 4.79 Å². The van der Waals surface area contributed by atoms with Crippen molar-refractivity contribution in [1.29, 1.82) is 0 Å². The first-order valence-electron chi connectivity index (χ1n) is 10.2. The van der Waals surface area contributed by atoms with Crippen LogP contribution in [0.3, 0.4) is 0 Å². The normalized spacial score (nSPS) is 16.6. The van der Waals surface area contributed by atoms with E-state index in [2.05, 4.69) is 48.3 Å². The summed E-state index contributed by atoms with van der Waals surface area (Å²) in [5.74, 6) is 1.83. The topological polar surface area (TPSA) is 51.0 Å². The molecule has 0 radical (unpaired) electrons. The van der Waals surface area contributed by atoms with E-state index in [4.69, 9.17) is 11.6 Å². The first-order chi connectivity index (χ1) is 14.5. The summed E-state index contributed by atoms with van der Waals surface area (Å²) >= 11 is 7.50. The summed E-state index contributed by atoms with van der Waals surface area (Å²) in [7, 11) is 0. The molecule has 1 fully saturated rings. The summed E-state index contributed by atoms with van der Waals surface area (Å²) < 4.78 is 2.01. The Morgan fingerprint density at radius 3 is 2.57 bits per heavy atom. The zero-order valence-electron chi connectivity index (χ0n) is 17.2. The van der Waals surface area contributed by atoms with E-state index >= 15 is 0 Å². The fourth-order valence-electron chi connectivity index (χ4n) is 3.71. The number of aryl methyl sites for hydroxylation is 1. The molecule has 1 atom stereocenters. The molecule has 1 unspecified atom stereocenters. The van der Waals surface area contributed by atoms with Crippen molar-refractivity contribution >= 4 is 29.3 Å². The summed E-state index contributed by atoms with van der Waals surface area (Å²) in [5.41, 5.74) is 3.08. The van der Waals surface area contributed by atoms with Gasteiger partial charge in [-0.15, -0.1) is 10.2 Å². The van der Waals surface area contributed by atoms with Gasteiger partial charge >= 0.3 is 0 Å². The van der Waals surface area contributed by atoms with Crippen molar-refractivity contribution in [3.8, 4) is 17.1 Å². The summed E-state index contributed by atoms with van der Waals surface area (Å²) in [6.07, 6.45) is 2.28. The maximum absolute atomic E-state index is 12.8. The standard InChI is InChI=1S/C23H25ClN4OS/c1-16-5-11-20(12-6-16)28-22(18-7-9-19(24)10-8-18)25-26-23(28)30-15-21(29)27-13-3-4-17(2)14-27/h5-12,17H,3-4,13-15H2,1-2H3. The van der Waals surface area contributed by atoms with E-state index in [9.17, 15) is 4.79 Å². The van der Waals surface area contributed by atoms with Crippen LogP contribution in [0.5, 0.6) is 0 Å². The molecule has 1 saturated heterocycles. The minimum absolute atomic E-state index is 0.165. The van der Waals surface area contributed by atoms with Crippen LogP contribution in [0, 0.1) is 12.8 Å². The van der Waals surface area contributed by atoms with Crippen molar-refractivity contribution in [2.45, 2.75) is 31.8 Å². The van der Waals surface area contributed by atoms with Gasteiger partial charge in [0.1, 0.15) is 0 Å². The Labute approximate surface area is 186 Å². The van der Waals surface area contributed by atoms with E-state index in [0.717, 1.165) is 36.6 Å². The van der Waals surface area contributed by atoms with Crippen LogP contribution >= 0.6 is 23.4 Å². The van der Waals surface area contributed by atoms with Gasteiger partial charge < -0.3 is 4.90 Å². The van der Waals surface area contributed by atoms with Gasteiger partial charge in [0, 0.05) is 29.4 Å². The molecule has 0 spiro atoms. The number of carbonyl (C=O) groups excluding carboxylic acids is 1. The number of aromatic nitrogens is 3. The monoisotopic (exact) mass is 440 g/mol. The molecule has 4 rings (SSSR count). The van der Waals surface area contributed by atoms with Gasteiger partial charge in [-0.2, -0.15) is 0 Å². The number of benzene rings is 2. The zero-order valence-corrected chi connectivity index (χ0v) is 18.8. The molecule has 1 aliphatic heterocycles. The quantitative estimate of drug-likeness (QED) is 0.508. The maximum atomic E-state index is 12.8. The summed E-state index contributed by atoms with van der Waals surface area (Å²) in [4.78, 5) is 14.7. The van der Waals surface area contributed by atoms with Crippen molar-refractivity contribution < 1.29 is 4.79 Å². The predicted molar refractivity (Wildman–Crippen MR) is 122 cm³/mol. The second-order valence-electron chi connectivity index (χ2n) is 7.86. The van der Waals surface area contributed by atoms with Crippen LogP contribution in [0.4, 0.5) is 0 Å². The third-order valence-electron chi connectivity index (χ3n) is 5.36. The van der Waals surface area contributed by atoms with Gasteiger partial charge in [0.25, 0.3) is 0 Å². The molecule has 1 amide bonds. The molecule has 7 heteroatoms. The third-order valence-corrected chi connectivity index (χ3v) is 6.53. The molecule has 30 heavy (non-hydrogen) atoms. The first kappa shape index (κ1) is 20.9. The maximum Gasteiger partial charge on any atom is 0.233 e. The molecule has 1 aliphatic rings. The van der Waals surface area contributed by atoms with Gasteiger partial charge in [0.05, 0.1) is 5.75 Å². The Kier molecular flexibility index (Phi) is 6.44. The van der Waals surface area contributed by atoms with Crippen LogP contribution < -0.4 is 0 Å². The highest BCUT2D eigenvalue weighted by Gasteiger charge is 2.23. The van der Waals surface area contributed by atoms with Crippen LogP contribution in [0.15, 0.2) is 53.7 Å². The molecular weight excluding hydrogens is 416 g/mol. The smallest absolute Gasteiger partial charge is 0.233 e. The van der Waals surface area contributed by atoms with E-state index in [-0.39, 0.29) is 5.91 Å². The number of thioether (sulfide) groups is 1. The highest BCUT2D eigenvalue weighted by Crippen LogP contribution is 2.29. The zero-order chi connectivity index (χ0) is 21.1. The molecule has 2 heterocycles. The number of nitrogens with zero attached hydrogens (tertiary/aromatic N) is 4. The summed E-state index contributed by atoms with van der Waals surface area (Å²) in [6, 6.07) is 15.8. The van der Waals surface area contributed by atoms with Crippen molar-refractivity contribution in [1.82, 2.24) is 19.7 Å². The number of carbonyl (C=O) groups is 1. The molecule has 5 nitrogen and oxygen atoms in total. The van der Waals surface area contributed by atoms with Gasteiger partial charge in [-0.05, 0) is 62.1 Å². The minimum Gasteiger partial charge on any atom is -0.342 e. The first-order valence-corrected chi connectivity index (χ1v) is 11.6. The van der Waals surface area contributed by atoms with E-state index < -0.39 is 0 Å². The second kappa shape index (κ2) is 9.23.